The number of sulfonamides is 1. The molecule has 0 spiro atoms. The molecule has 0 saturated heterocycles. The molecule has 0 heterocycles. The molecule has 0 radical (unpaired) electrons. The van der Waals surface area contributed by atoms with Crippen LogP contribution in [-0.4, -0.2) is 33.4 Å². The molecule has 8 heteroatoms. The second-order valence-electron chi connectivity index (χ2n) is 7.53. The Morgan fingerprint density at radius 3 is 2.47 bits per heavy atom. The lowest BCUT2D eigenvalue weighted by Gasteiger charge is -2.14. The Morgan fingerprint density at radius 1 is 1.07 bits per heavy atom. The number of hydrogen-bond donors (Lipinski definition) is 2. The molecule has 0 aliphatic heterocycles. The third-order valence-electron chi connectivity index (χ3n) is 4.40. The number of carbonyl (C=O) groups is 2. The minimum atomic E-state index is -3.91. The van der Waals surface area contributed by atoms with Crippen LogP contribution in [0.3, 0.4) is 0 Å². The van der Waals surface area contributed by atoms with Gasteiger partial charge in [0.15, 0.2) is 6.61 Å². The van der Waals surface area contributed by atoms with E-state index in [4.69, 9.17) is 4.74 Å². The summed E-state index contributed by atoms with van der Waals surface area (Å²) in [4.78, 5) is 24.4. The minimum Gasteiger partial charge on any atom is -0.452 e. The molecule has 0 aliphatic carbocycles. The van der Waals surface area contributed by atoms with Crippen LogP contribution in [0.15, 0.2) is 47.4 Å². The van der Waals surface area contributed by atoms with Crippen LogP contribution in [0.4, 0.5) is 5.69 Å². The van der Waals surface area contributed by atoms with Crippen molar-refractivity contribution in [2.45, 2.75) is 39.0 Å². The first-order valence-corrected chi connectivity index (χ1v) is 11.2. The molecule has 0 saturated carbocycles. The van der Waals surface area contributed by atoms with Gasteiger partial charge in [0.05, 0.1) is 16.1 Å². The fourth-order valence-electron chi connectivity index (χ4n) is 2.71. The van der Waals surface area contributed by atoms with Crippen LogP contribution in [0.2, 0.25) is 0 Å². The summed E-state index contributed by atoms with van der Waals surface area (Å²) in [6.45, 7) is 7.65. The summed E-state index contributed by atoms with van der Waals surface area (Å²) < 4.78 is 33.2. The van der Waals surface area contributed by atoms with Crippen molar-refractivity contribution in [1.29, 1.82) is 0 Å². The van der Waals surface area contributed by atoms with Crippen molar-refractivity contribution >= 4 is 27.6 Å². The maximum atomic E-state index is 12.9. The Bertz CT molecular complexity index is 1020. The maximum Gasteiger partial charge on any atom is 0.340 e. The molecular weight excluding hydrogens is 404 g/mol. The lowest BCUT2D eigenvalue weighted by Crippen LogP contribution is -2.30. The second kappa shape index (κ2) is 10.2. The third kappa shape index (κ3) is 6.59. The van der Waals surface area contributed by atoms with E-state index in [0.717, 1.165) is 12.0 Å². The van der Waals surface area contributed by atoms with Gasteiger partial charge in [0.25, 0.3) is 15.9 Å². The van der Waals surface area contributed by atoms with Gasteiger partial charge in [0, 0.05) is 6.54 Å². The number of hydrogen-bond acceptors (Lipinski definition) is 5. The van der Waals surface area contributed by atoms with E-state index in [1.165, 1.54) is 12.1 Å². The fourth-order valence-corrected chi connectivity index (χ4v) is 4.12. The van der Waals surface area contributed by atoms with Crippen molar-refractivity contribution in [3.8, 4) is 0 Å². The van der Waals surface area contributed by atoms with Crippen LogP contribution in [0.5, 0.6) is 0 Å². The quantitative estimate of drug-likeness (QED) is 0.591. The highest BCUT2D eigenvalue weighted by Gasteiger charge is 2.21. The van der Waals surface area contributed by atoms with E-state index in [1.54, 1.807) is 38.1 Å². The Balaban J connectivity index is 2.11. The van der Waals surface area contributed by atoms with Gasteiger partial charge in [-0.25, -0.2) is 13.2 Å². The highest BCUT2D eigenvalue weighted by molar-refractivity contribution is 7.92. The standard InChI is InChI=1S/C22H28N2O5S/c1-15(2)11-12-23-21(25)14-29-22(26)18-7-5-6-8-19(18)24-30(27,28)20-13-16(3)9-10-17(20)4/h5-10,13,15,24H,11-12,14H2,1-4H3,(H,23,25). The van der Waals surface area contributed by atoms with E-state index in [2.05, 4.69) is 10.0 Å². The number of rotatable bonds is 9. The van der Waals surface area contributed by atoms with E-state index in [0.29, 0.717) is 18.0 Å². The van der Waals surface area contributed by atoms with Crippen molar-refractivity contribution in [1.82, 2.24) is 5.32 Å². The predicted octanol–water partition coefficient (Wildman–Crippen LogP) is 3.42. The van der Waals surface area contributed by atoms with Gasteiger partial charge in [0.1, 0.15) is 0 Å². The minimum absolute atomic E-state index is 0.0290. The van der Waals surface area contributed by atoms with Crippen molar-refractivity contribution in [2.75, 3.05) is 17.9 Å². The van der Waals surface area contributed by atoms with E-state index in [-0.39, 0.29) is 16.1 Å². The number of anilines is 1. The summed E-state index contributed by atoms with van der Waals surface area (Å²) in [6.07, 6.45) is 0.822. The number of aryl methyl sites for hydroxylation is 2. The van der Waals surface area contributed by atoms with E-state index >= 15 is 0 Å². The van der Waals surface area contributed by atoms with E-state index in [1.807, 2.05) is 19.9 Å². The molecule has 0 aromatic heterocycles. The van der Waals surface area contributed by atoms with Gasteiger partial charge >= 0.3 is 5.97 Å². The number of ether oxygens (including phenoxy) is 1. The lowest BCUT2D eigenvalue weighted by atomic mass is 10.1. The van der Waals surface area contributed by atoms with Crippen LogP contribution in [0, 0.1) is 19.8 Å². The average Bonchev–Trinajstić information content (AvgIpc) is 2.67. The van der Waals surface area contributed by atoms with Gasteiger partial charge in [-0.05, 0) is 55.5 Å². The first-order chi connectivity index (χ1) is 14.1. The molecule has 0 fully saturated rings. The van der Waals surface area contributed by atoms with Gasteiger partial charge < -0.3 is 10.1 Å². The zero-order chi connectivity index (χ0) is 22.3. The maximum absolute atomic E-state index is 12.9. The van der Waals surface area contributed by atoms with Crippen LogP contribution in [0.25, 0.3) is 0 Å². The topological polar surface area (TPSA) is 102 Å². The molecule has 0 atom stereocenters. The van der Waals surface area contributed by atoms with Gasteiger partial charge in [-0.2, -0.15) is 0 Å². The zero-order valence-electron chi connectivity index (χ0n) is 17.7. The van der Waals surface area contributed by atoms with Crippen LogP contribution in [0.1, 0.15) is 41.8 Å². The van der Waals surface area contributed by atoms with Gasteiger partial charge in [-0.1, -0.05) is 38.1 Å². The van der Waals surface area contributed by atoms with Crippen LogP contribution < -0.4 is 10.0 Å². The number of carbonyl (C=O) groups excluding carboxylic acids is 2. The Morgan fingerprint density at radius 2 is 1.77 bits per heavy atom. The summed E-state index contributed by atoms with van der Waals surface area (Å²) in [7, 11) is -3.91. The molecule has 1 amide bonds. The van der Waals surface area contributed by atoms with Gasteiger partial charge in [-0.3, -0.25) is 9.52 Å². The summed E-state index contributed by atoms with van der Waals surface area (Å²) in [6, 6.07) is 11.2. The number of esters is 1. The van der Waals surface area contributed by atoms with Crippen molar-refractivity contribution in [3.05, 3.63) is 59.2 Å². The molecule has 0 aliphatic rings. The second-order valence-corrected chi connectivity index (χ2v) is 9.18. The summed E-state index contributed by atoms with van der Waals surface area (Å²) in [5.74, 6) is -0.740. The highest BCUT2D eigenvalue weighted by Crippen LogP contribution is 2.23. The zero-order valence-corrected chi connectivity index (χ0v) is 18.5. The predicted molar refractivity (Wildman–Crippen MR) is 116 cm³/mol. The normalized spacial score (nSPS) is 11.2. The average molecular weight is 433 g/mol. The molecule has 2 aromatic carbocycles. The Labute approximate surface area is 177 Å². The monoisotopic (exact) mass is 432 g/mol. The number of para-hydroxylation sites is 1. The first kappa shape index (κ1) is 23.4. The number of nitrogens with one attached hydrogen (secondary N) is 2. The van der Waals surface area contributed by atoms with Gasteiger partial charge in [-0.15, -0.1) is 0 Å². The van der Waals surface area contributed by atoms with Gasteiger partial charge in [0.2, 0.25) is 0 Å². The van der Waals surface area contributed by atoms with Crippen LogP contribution in [-0.2, 0) is 19.6 Å². The molecule has 162 valence electrons. The van der Waals surface area contributed by atoms with E-state index in [9.17, 15) is 18.0 Å². The molecule has 0 bridgehead atoms. The molecule has 2 N–H and O–H groups in total. The number of amides is 1. The van der Waals surface area contributed by atoms with Crippen molar-refractivity contribution in [2.24, 2.45) is 5.92 Å². The molecule has 2 rings (SSSR count). The molecular formula is C22H28N2O5S. The smallest absolute Gasteiger partial charge is 0.340 e. The largest absolute Gasteiger partial charge is 0.452 e. The molecule has 30 heavy (non-hydrogen) atoms. The lowest BCUT2D eigenvalue weighted by molar-refractivity contribution is -0.124. The Kier molecular flexibility index (Phi) is 8.00. The van der Waals surface area contributed by atoms with Crippen molar-refractivity contribution < 1.29 is 22.7 Å². The molecule has 0 unspecified atom stereocenters. The molecule has 7 nitrogen and oxygen atoms in total. The number of benzene rings is 2. The highest BCUT2D eigenvalue weighted by atomic mass is 32.2. The van der Waals surface area contributed by atoms with E-state index < -0.39 is 28.5 Å². The third-order valence-corrected chi connectivity index (χ3v) is 5.91. The SMILES string of the molecule is Cc1ccc(C)c(S(=O)(=O)Nc2ccccc2C(=O)OCC(=O)NCCC(C)C)c1. The summed E-state index contributed by atoms with van der Waals surface area (Å²) in [5.41, 5.74) is 1.51. The molecule has 2 aromatic rings. The first-order valence-electron chi connectivity index (χ1n) is 9.73. The van der Waals surface area contributed by atoms with Crippen molar-refractivity contribution in [3.63, 3.8) is 0 Å². The Hall–Kier alpha value is -2.87. The van der Waals surface area contributed by atoms with Crippen LogP contribution >= 0.6 is 0 Å². The summed E-state index contributed by atoms with van der Waals surface area (Å²) in [5, 5.41) is 2.68. The fraction of sp³-hybridized carbons (Fsp3) is 0.364. The summed E-state index contributed by atoms with van der Waals surface area (Å²) >= 11 is 0.